The summed E-state index contributed by atoms with van der Waals surface area (Å²) >= 11 is -0.944. The minimum Gasteiger partial charge on any atom is -0.590 e. The largest absolute Gasteiger partial charge is 0.885 e. The highest BCUT2D eigenvalue weighted by molar-refractivity contribution is 6.25. The molecule has 0 saturated carbocycles. The Morgan fingerprint density at radius 1 is 1.10 bits per heavy atom. The van der Waals surface area contributed by atoms with Gasteiger partial charge in [0, 0.05) is 13.8 Å². The Morgan fingerprint density at radius 2 is 1.40 bits per heavy atom. The summed E-state index contributed by atoms with van der Waals surface area (Å²) in [6, 6.07) is 0. The molecular formula is C4H8AlO5. The Labute approximate surface area is 65.0 Å². The molecular weight excluding hydrogens is 155 g/mol. The predicted octanol–water partition coefficient (Wildman–Crippen LogP) is -1.18. The Balaban J connectivity index is 0. The van der Waals surface area contributed by atoms with Crippen molar-refractivity contribution in [1.82, 2.24) is 0 Å². The maximum absolute atomic E-state index is 10.0. The molecule has 5 nitrogen and oxygen atoms in total. The van der Waals surface area contributed by atoms with E-state index in [1.165, 1.54) is 13.8 Å². The molecule has 0 aliphatic heterocycles. The normalized spacial score (nSPS) is 7.00. The van der Waals surface area contributed by atoms with Gasteiger partial charge in [-0.1, -0.05) is 0 Å². The second-order valence-electron chi connectivity index (χ2n) is 1.32. The summed E-state index contributed by atoms with van der Waals surface area (Å²) in [6.07, 6.45) is 0. The first-order chi connectivity index (χ1) is 4.13. The highest BCUT2D eigenvalue weighted by atomic mass is 27.2. The maximum Gasteiger partial charge on any atom is 0.885 e. The maximum atomic E-state index is 10.0. The Morgan fingerprint density at radius 3 is 1.60 bits per heavy atom. The fraction of sp³-hybridized carbons (Fsp3) is 0.500. The first-order valence-corrected chi connectivity index (χ1v) is 3.23. The van der Waals surface area contributed by atoms with Gasteiger partial charge in [0.2, 0.25) is 0 Å². The van der Waals surface area contributed by atoms with Crippen LogP contribution >= 0.6 is 0 Å². The molecule has 10 heavy (non-hydrogen) atoms. The van der Waals surface area contributed by atoms with E-state index >= 15 is 0 Å². The fourth-order valence-corrected chi connectivity index (χ4v) is 0.479. The lowest BCUT2D eigenvalue weighted by Gasteiger charge is -1.97. The third-order valence-corrected chi connectivity index (χ3v) is 1.28. The number of carbonyl (C=O) groups is 2. The van der Waals surface area contributed by atoms with E-state index in [0.29, 0.717) is 0 Å². The van der Waals surface area contributed by atoms with Gasteiger partial charge in [-0.15, -0.1) is 0 Å². The van der Waals surface area contributed by atoms with Gasteiger partial charge in [-0.2, -0.15) is 0 Å². The molecule has 1 radical (unpaired) electrons. The van der Waals surface area contributed by atoms with Crippen molar-refractivity contribution < 1.29 is 22.6 Å². The first kappa shape index (κ1) is 12.1. The molecule has 0 aromatic heterocycles. The quantitative estimate of drug-likeness (QED) is 0.479. The van der Waals surface area contributed by atoms with Crippen LogP contribution in [0.15, 0.2) is 0 Å². The van der Waals surface area contributed by atoms with Crippen molar-refractivity contribution in [3.63, 3.8) is 0 Å². The lowest BCUT2D eigenvalue weighted by Crippen LogP contribution is -2.11. The molecule has 0 heterocycles. The van der Waals surface area contributed by atoms with Crippen LogP contribution in [0, 0.1) is 0 Å². The molecule has 0 saturated heterocycles. The molecule has 0 aromatic carbocycles. The molecule has 0 aromatic rings. The number of rotatable bonds is 2. The summed E-state index contributed by atoms with van der Waals surface area (Å²) in [5.74, 6) is -0.850. The lowest BCUT2D eigenvalue weighted by molar-refractivity contribution is -0.136. The Kier molecular flexibility index (Phi) is 7.95. The third-order valence-electron chi connectivity index (χ3n) is 0.428. The SMILES string of the molecule is CC(=O)[O][Al][O]C(C)=O.O. The topological polar surface area (TPSA) is 84.1 Å². The van der Waals surface area contributed by atoms with E-state index in [9.17, 15) is 9.59 Å². The molecule has 0 bridgehead atoms. The average molecular weight is 163 g/mol. The molecule has 0 aliphatic rings. The van der Waals surface area contributed by atoms with Crippen molar-refractivity contribution in [2.45, 2.75) is 13.8 Å². The van der Waals surface area contributed by atoms with E-state index < -0.39 is 27.8 Å². The van der Waals surface area contributed by atoms with Gasteiger partial charge in [0.25, 0.3) is 11.9 Å². The minimum atomic E-state index is -0.944. The van der Waals surface area contributed by atoms with Crippen LogP contribution < -0.4 is 0 Å². The summed E-state index contributed by atoms with van der Waals surface area (Å²) in [4.78, 5) is 20.1. The molecule has 57 valence electrons. The predicted molar refractivity (Wildman–Crippen MR) is 32.9 cm³/mol. The van der Waals surface area contributed by atoms with Crippen molar-refractivity contribution in [2.24, 2.45) is 0 Å². The molecule has 0 atom stereocenters. The Hall–Kier alpha value is -0.568. The van der Waals surface area contributed by atoms with E-state index in [4.69, 9.17) is 0 Å². The molecule has 0 amide bonds. The van der Waals surface area contributed by atoms with Crippen LogP contribution in [0.25, 0.3) is 0 Å². The third kappa shape index (κ3) is 10.4. The van der Waals surface area contributed by atoms with Crippen LogP contribution in [0.4, 0.5) is 0 Å². The van der Waals surface area contributed by atoms with Gasteiger partial charge in [0.1, 0.15) is 0 Å². The smallest absolute Gasteiger partial charge is 0.590 e. The van der Waals surface area contributed by atoms with Gasteiger partial charge in [0.15, 0.2) is 0 Å². The molecule has 0 aliphatic carbocycles. The lowest BCUT2D eigenvalue weighted by atomic mass is 10.9. The second-order valence-corrected chi connectivity index (χ2v) is 1.98. The van der Waals surface area contributed by atoms with Crippen LogP contribution in [0.3, 0.4) is 0 Å². The van der Waals surface area contributed by atoms with Crippen LogP contribution in [0.2, 0.25) is 0 Å². The Bertz CT molecular complexity index is 109. The highest BCUT2D eigenvalue weighted by Crippen LogP contribution is 1.75. The molecule has 0 rings (SSSR count). The van der Waals surface area contributed by atoms with Gasteiger partial charge in [-0.05, 0) is 0 Å². The van der Waals surface area contributed by atoms with Crippen LogP contribution in [0.1, 0.15) is 13.8 Å². The van der Waals surface area contributed by atoms with Crippen LogP contribution in [-0.4, -0.2) is 33.3 Å². The fourth-order valence-electron chi connectivity index (χ4n) is 0.160. The van der Waals surface area contributed by atoms with Gasteiger partial charge in [0.05, 0.1) is 0 Å². The van der Waals surface area contributed by atoms with Crippen molar-refractivity contribution in [2.75, 3.05) is 0 Å². The second kappa shape index (κ2) is 6.55. The van der Waals surface area contributed by atoms with Crippen molar-refractivity contribution in [3.8, 4) is 0 Å². The zero-order valence-corrected chi connectivity index (χ0v) is 6.87. The van der Waals surface area contributed by atoms with Gasteiger partial charge in [-0.3, -0.25) is 9.59 Å². The van der Waals surface area contributed by atoms with Crippen LogP contribution in [0.5, 0.6) is 0 Å². The zero-order valence-electron chi connectivity index (χ0n) is 5.71. The number of hydrogen-bond donors (Lipinski definition) is 0. The molecule has 0 fully saturated rings. The highest BCUT2D eigenvalue weighted by Gasteiger charge is 2.06. The minimum absolute atomic E-state index is 0. The first-order valence-electron chi connectivity index (χ1n) is 2.29. The standard InChI is InChI=1S/2C2H4O2.Al.H2O/c2*1-2(3)4;;/h2*1H3,(H,3,4);;1H2/q;;+2;/p-2. The van der Waals surface area contributed by atoms with E-state index in [1.54, 1.807) is 0 Å². The molecule has 0 spiro atoms. The summed E-state index contributed by atoms with van der Waals surface area (Å²) in [7, 11) is 0. The van der Waals surface area contributed by atoms with Crippen molar-refractivity contribution in [1.29, 1.82) is 0 Å². The zero-order chi connectivity index (χ0) is 7.28. The van der Waals surface area contributed by atoms with Crippen LogP contribution in [-0.2, 0) is 17.2 Å². The van der Waals surface area contributed by atoms with Crippen molar-refractivity contribution >= 4 is 27.8 Å². The average Bonchev–Trinajstić information content (AvgIpc) is 1.63. The number of carbonyl (C=O) groups excluding carboxylic acids is 2. The van der Waals surface area contributed by atoms with E-state index in [1.807, 2.05) is 0 Å². The van der Waals surface area contributed by atoms with Gasteiger partial charge in [-0.25, -0.2) is 0 Å². The van der Waals surface area contributed by atoms with E-state index in [-0.39, 0.29) is 5.48 Å². The monoisotopic (exact) mass is 163 g/mol. The molecule has 2 N–H and O–H groups in total. The molecule has 0 unspecified atom stereocenters. The summed E-state index contributed by atoms with van der Waals surface area (Å²) in [5.41, 5.74) is 0. The van der Waals surface area contributed by atoms with E-state index in [0.717, 1.165) is 0 Å². The van der Waals surface area contributed by atoms with Crippen molar-refractivity contribution in [3.05, 3.63) is 0 Å². The summed E-state index contributed by atoms with van der Waals surface area (Å²) < 4.78 is 8.71. The van der Waals surface area contributed by atoms with Gasteiger partial charge >= 0.3 is 15.9 Å². The number of hydrogen-bond acceptors (Lipinski definition) is 4. The molecule has 6 heteroatoms. The summed E-state index contributed by atoms with van der Waals surface area (Å²) in [5, 5.41) is 0. The van der Waals surface area contributed by atoms with E-state index in [2.05, 4.69) is 7.58 Å². The van der Waals surface area contributed by atoms with Gasteiger partial charge < -0.3 is 13.1 Å². The summed E-state index contributed by atoms with van der Waals surface area (Å²) in [6.45, 7) is 2.52.